The van der Waals surface area contributed by atoms with Gasteiger partial charge in [0.1, 0.15) is 0 Å². The van der Waals surface area contributed by atoms with E-state index in [2.05, 4.69) is 5.32 Å². The molecule has 1 saturated carbocycles. The summed E-state index contributed by atoms with van der Waals surface area (Å²) in [4.78, 5) is 11.5. The second kappa shape index (κ2) is 2.98. The molecule has 0 aromatic rings. The van der Waals surface area contributed by atoms with Crippen molar-refractivity contribution in [2.45, 2.75) is 19.8 Å². The number of ether oxygens (including phenoxy) is 1. The Balaban J connectivity index is 2.06. The summed E-state index contributed by atoms with van der Waals surface area (Å²) in [6.45, 7) is 4.18. The van der Waals surface area contributed by atoms with Gasteiger partial charge < -0.3 is 10.1 Å². The lowest BCUT2D eigenvalue weighted by atomic mass is 9.52. The normalized spacial score (nSPS) is 43.2. The molecule has 0 radical (unpaired) electrons. The number of esters is 1. The van der Waals surface area contributed by atoms with Crippen molar-refractivity contribution in [2.24, 2.45) is 17.3 Å². The Hall–Kier alpha value is -0.570. The average molecular weight is 183 g/mol. The number of nitrogens with one attached hydrogen (secondary N) is 1. The van der Waals surface area contributed by atoms with Crippen LogP contribution < -0.4 is 5.32 Å². The molecule has 1 N–H and O–H groups in total. The van der Waals surface area contributed by atoms with Gasteiger partial charge >= 0.3 is 5.97 Å². The quantitative estimate of drug-likeness (QED) is 0.611. The van der Waals surface area contributed by atoms with Crippen molar-refractivity contribution >= 4 is 5.97 Å². The summed E-state index contributed by atoms with van der Waals surface area (Å²) in [6, 6.07) is 0. The van der Waals surface area contributed by atoms with Crippen LogP contribution in [0.3, 0.4) is 0 Å². The van der Waals surface area contributed by atoms with Gasteiger partial charge in [-0.3, -0.25) is 4.79 Å². The molecule has 0 aromatic heterocycles. The van der Waals surface area contributed by atoms with Gasteiger partial charge in [0.05, 0.1) is 12.5 Å². The second-order valence-electron chi connectivity index (χ2n) is 4.47. The Morgan fingerprint density at radius 1 is 1.62 bits per heavy atom. The summed E-state index contributed by atoms with van der Waals surface area (Å²) in [7, 11) is 1.49. The summed E-state index contributed by atoms with van der Waals surface area (Å²) in [5.74, 6) is 1.25. The fourth-order valence-corrected chi connectivity index (χ4v) is 2.98. The van der Waals surface area contributed by atoms with Gasteiger partial charge in [0.25, 0.3) is 0 Å². The largest absolute Gasteiger partial charge is 0.469 e. The number of methoxy groups -OCH3 is 1. The first-order valence-electron chi connectivity index (χ1n) is 4.97. The van der Waals surface area contributed by atoms with Crippen molar-refractivity contribution in [2.75, 3.05) is 20.2 Å². The number of hydrogen-bond acceptors (Lipinski definition) is 3. The Bertz CT molecular complexity index is 229. The molecule has 0 spiro atoms. The topological polar surface area (TPSA) is 38.3 Å². The zero-order valence-electron chi connectivity index (χ0n) is 8.30. The minimum absolute atomic E-state index is 0.0179. The monoisotopic (exact) mass is 183 g/mol. The number of hydrogen-bond donors (Lipinski definition) is 1. The fourth-order valence-electron chi connectivity index (χ4n) is 2.98. The minimum Gasteiger partial charge on any atom is -0.469 e. The summed E-state index contributed by atoms with van der Waals surface area (Å²) < 4.78 is 4.85. The van der Waals surface area contributed by atoms with E-state index in [1.165, 1.54) is 7.11 Å². The number of carbonyl (C=O) groups excluding carboxylic acids is 1. The first-order chi connectivity index (χ1) is 6.18. The fraction of sp³-hybridized carbons (Fsp3) is 0.900. The van der Waals surface area contributed by atoms with Crippen molar-refractivity contribution in [3.8, 4) is 0 Å². The van der Waals surface area contributed by atoms with Crippen LogP contribution in [0, 0.1) is 17.3 Å². The first-order valence-corrected chi connectivity index (χ1v) is 4.97. The smallest absolute Gasteiger partial charge is 0.311 e. The third kappa shape index (κ3) is 1.17. The van der Waals surface area contributed by atoms with E-state index >= 15 is 0 Å². The van der Waals surface area contributed by atoms with Crippen molar-refractivity contribution in [1.82, 2.24) is 5.32 Å². The lowest BCUT2D eigenvalue weighted by Crippen LogP contribution is -2.57. The highest BCUT2D eigenvalue weighted by atomic mass is 16.5. The predicted octanol–water partition coefficient (Wildman–Crippen LogP) is 0.795. The molecule has 0 amide bonds. The van der Waals surface area contributed by atoms with Gasteiger partial charge in [-0.15, -0.1) is 0 Å². The highest BCUT2D eigenvalue weighted by molar-refractivity contribution is 5.78. The van der Waals surface area contributed by atoms with E-state index in [-0.39, 0.29) is 11.4 Å². The van der Waals surface area contributed by atoms with Gasteiger partial charge in [0.2, 0.25) is 0 Å². The Kier molecular flexibility index (Phi) is 2.06. The van der Waals surface area contributed by atoms with Crippen LogP contribution in [0.1, 0.15) is 19.8 Å². The second-order valence-corrected chi connectivity index (χ2v) is 4.47. The van der Waals surface area contributed by atoms with E-state index in [4.69, 9.17) is 4.74 Å². The van der Waals surface area contributed by atoms with Crippen LogP contribution >= 0.6 is 0 Å². The Labute approximate surface area is 78.8 Å². The summed E-state index contributed by atoms with van der Waals surface area (Å²) in [5.41, 5.74) is -0.179. The molecule has 0 bridgehead atoms. The van der Waals surface area contributed by atoms with Gasteiger partial charge in [0.15, 0.2) is 0 Å². The van der Waals surface area contributed by atoms with Crippen molar-refractivity contribution in [3.63, 3.8) is 0 Å². The van der Waals surface area contributed by atoms with Gasteiger partial charge in [-0.25, -0.2) is 0 Å². The molecule has 1 heterocycles. The van der Waals surface area contributed by atoms with Crippen LogP contribution in [0.4, 0.5) is 0 Å². The molecule has 2 rings (SSSR count). The molecule has 3 atom stereocenters. The summed E-state index contributed by atoms with van der Waals surface area (Å²) in [5, 5.41) is 3.36. The molecule has 3 heteroatoms. The number of fused-ring (bicyclic) bond motifs is 1. The van der Waals surface area contributed by atoms with Gasteiger partial charge in [-0.1, -0.05) is 0 Å². The van der Waals surface area contributed by atoms with E-state index in [0.717, 1.165) is 25.9 Å². The molecular formula is C10H17NO2. The molecule has 2 fully saturated rings. The van der Waals surface area contributed by atoms with Crippen molar-refractivity contribution < 1.29 is 9.53 Å². The van der Waals surface area contributed by atoms with Crippen LogP contribution in [-0.4, -0.2) is 26.2 Å². The summed E-state index contributed by atoms with van der Waals surface area (Å²) in [6.07, 6.45) is 2.12. The molecule has 1 aliphatic carbocycles. The lowest BCUT2D eigenvalue weighted by Gasteiger charge is -2.53. The van der Waals surface area contributed by atoms with E-state index in [9.17, 15) is 4.79 Å². The molecule has 74 valence electrons. The Morgan fingerprint density at radius 3 is 3.00 bits per heavy atom. The van der Waals surface area contributed by atoms with Gasteiger partial charge in [-0.2, -0.15) is 0 Å². The molecule has 1 saturated heterocycles. The molecular weight excluding hydrogens is 166 g/mol. The van der Waals surface area contributed by atoms with E-state index < -0.39 is 0 Å². The first kappa shape index (κ1) is 9.00. The molecule has 1 aliphatic heterocycles. The SMILES string of the molecule is COC(=O)[C@@]1(C)C[C@H]2CNCC[C@H]21. The predicted molar refractivity (Wildman–Crippen MR) is 49.2 cm³/mol. The van der Waals surface area contributed by atoms with Crippen LogP contribution in [0.2, 0.25) is 0 Å². The van der Waals surface area contributed by atoms with Crippen LogP contribution in [0.15, 0.2) is 0 Å². The average Bonchev–Trinajstić information content (AvgIpc) is 2.15. The maximum Gasteiger partial charge on any atom is 0.311 e. The van der Waals surface area contributed by atoms with E-state index in [1.807, 2.05) is 6.92 Å². The molecule has 2 aliphatic rings. The van der Waals surface area contributed by atoms with Crippen LogP contribution in [0.25, 0.3) is 0 Å². The molecule has 13 heavy (non-hydrogen) atoms. The number of carbonyl (C=O) groups is 1. The molecule has 3 nitrogen and oxygen atoms in total. The van der Waals surface area contributed by atoms with E-state index in [1.54, 1.807) is 0 Å². The number of rotatable bonds is 1. The van der Waals surface area contributed by atoms with Crippen molar-refractivity contribution in [3.05, 3.63) is 0 Å². The highest BCUT2D eigenvalue weighted by Gasteiger charge is 2.56. The minimum atomic E-state index is -0.179. The Morgan fingerprint density at radius 2 is 2.38 bits per heavy atom. The maximum absolute atomic E-state index is 11.5. The van der Waals surface area contributed by atoms with Crippen molar-refractivity contribution in [1.29, 1.82) is 0 Å². The highest BCUT2D eigenvalue weighted by Crippen LogP contribution is 2.54. The zero-order chi connectivity index (χ0) is 9.47. The van der Waals surface area contributed by atoms with Crippen LogP contribution in [0.5, 0.6) is 0 Å². The molecule has 0 unspecified atom stereocenters. The van der Waals surface area contributed by atoms with E-state index in [0.29, 0.717) is 11.8 Å². The zero-order valence-corrected chi connectivity index (χ0v) is 8.30. The standard InChI is InChI=1S/C10H17NO2/c1-10(9(12)13-2)5-7-6-11-4-3-8(7)10/h7-8,11H,3-6H2,1-2H3/t7-,8+,10-/m0/s1. The third-order valence-corrected chi connectivity index (χ3v) is 3.76. The third-order valence-electron chi connectivity index (χ3n) is 3.76. The van der Waals surface area contributed by atoms with Gasteiger partial charge in [-0.05, 0) is 44.7 Å². The van der Waals surface area contributed by atoms with Gasteiger partial charge in [0, 0.05) is 0 Å². The lowest BCUT2D eigenvalue weighted by molar-refractivity contribution is -0.171. The maximum atomic E-state index is 11.5. The molecule has 0 aromatic carbocycles. The van der Waals surface area contributed by atoms with Crippen LogP contribution in [-0.2, 0) is 9.53 Å². The number of piperidine rings is 1. The summed E-state index contributed by atoms with van der Waals surface area (Å²) >= 11 is 0.